The van der Waals surface area contributed by atoms with Gasteiger partial charge in [-0.3, -0.25) is 9.67 Å². The first-order chi connectivity index (χ1) is 13.1. The molecular formula is C21H34IN5O. The van der Waals surface area contributed by atoms with Crippen LogP contribution in [0.4, 0.5) is 0 Å². The second-order valence-electron chi connectivity index (χ2n) is 6.68. The van der Waals surface area contributed by atoms with Crippen molar-refractivity contribution in [3.8, 4) is 5.75 Å². The molecule has 0 spiro atoms. The van der Waals surface area contributed by atoms with Crippen molar-refractivity contribution in [2.24, 2.45) is 4.99 Å². The zero-order valence-corrected chi connectivity index (χ0v) is 19.8. The summed E-state index contributed by atoms with van der Waals surface area (Å²) in [5.74, 6) is 1.78. The van der Waals surface area contributed by atoms with Gasteiger partial charge in [-0.15, -0.1) is 24.0 Å². The number of aromatic nitrogens is 2. The number of nitrogens with zero attached hydrogens (tertiary/aromatic N) is 3. The largest absolute Gasteiger partial charge is 0.494 e. The van der Waals surface area contributed by atoms with E-state index in [1.54, 1.807) is 7.05 Å². The summed E-state index contributed by atoms with van der Waals surface area (Å²) in [7, 11) is 1.80. The lowest BCUT2D eigenvalue weighted by Gasteiger charge is -2.12. The Morgan fingerprint density at radius 2 is 1.96 bits per heavy atom. The summed E-state index contributed by atoms with van der Waals surface area (Å²) >= 11 is 0. The van der Waals surface area contributed by atoms with Crippen molar-refractivity contribution in [3.05, 3.63) is 47.3 Å². The molecular weight excluding hydrogens is 465 g/mol. The van der Waals surface area contributed by atoms with Crippen molar-refractivity contribution in [3.63, 3.8) is 0 Å². The molecule has 0 atom stereocenters. The van der Waals surface area contributed by atoms with Gasteiger partial charge in [0.2, 0.25) is 0 Å². The fraction of sp³-hybridized carbons (Fsp3) is 0.524. The molecule has 0 aliphatic carbocycles. The first-order valence-electron chi connectivity index (χ1n) is 9.79. The van der Waals surface area contributed by atoms with Crippen LogP contribution in [0.15, 0.2) is 35.3 Å². The Hall–Kier alpha value is -1.77. The third kappa shape index (κ3) is 8.50. The molecule has 0 fully saturated rings. The maximum atomic E-state index is 5.69. The quantitative estimate of drug-likeness (QED) is 0.227. The van der Waals surface area contributed by atoms with Crippen LogP contribution in [0, 0.1) is 13.8 Å². The van der Waals surface area contributed by atoms with E-state index >= 15 is 0 Å². The van der Waals surface area contributed by atoms with Crippen LogP contribution in [0.3, 0.4) is 0 Å². The number of aryl methyl sites for hydroxylation is 3. The molecule has 0 saturated carbocycles. The van der Waals surface area contributed by atoms with Crippen molar-refractivity contribution in [2.45, 2.75) is 46.6 Å². The van der Waals surface area contributed by atoms with E-state index in [4.69, 9.17) is 4.74 Å². The Morgan fingerprint density at radius 3 is 2.64 bits per heavy atom. The van der Waals surface area contributed by atoms with Crippen LogP contribution in [-0.2, 0) is 13.0 Å². The standard InChI is InChI=1S/C21H33N5O.HI/c1-5-14-27-20-9-6-8-19(16-20)10-12-24-21(22-4)23-11-7-13-26-18(3)15-17(2)25-26;/h6,8-9,15-16H,5,7,10-14H2,1-4H3,(H2,22,23,24);1H. The molecule has 6 nitrogen and oxygen atoms in total. The van der Waals surface area contributed by atoms with Crippen LogP contribution in [0.2, 0.25) is 0 Å². The van der Waals surface area contributed by atoms with Crippen molar-refractivity contribution in [1.82, 2.24) is 20.4 Å². The minimum absolute atomic E-state index is 0. The zero-order chi connectivity index (χ0) is 19.5. The van der Waals surface area contributed by atoms with E-state index in [1.807, 2.05) is 19.1 Å². The molecule has 1 aromatic heterocycles. The van der Waals surface area contributed by atoms with E-state index in [0.29, 0.717) is 0 Å². The number of hydrogen-bond donors (Lipinski definition) is 2. The number of halogens is 1. The molecule has 0 unspecified atom stereocenters. The van der Waals surface area contributed by atoms with Gasteiger partial charge in [-0.25, -0.2) is 0 Å². The van der Waals surface area contributed by atoms with E-state index in [1.165, 1.54) is 11.3 Å². The van der Waals surface area contributed by atoms with E-state index in [-0.39, 0.29) is 24.0 Å². The Morgan fingerprint density at radius 1 is 1.18 bits per heavy atom. The molecule has 156 valence electrons. The average molecular weight is 499 g/mol. The van der Waals surface area contributed by atoms with Gasteiger partial charge >= 0.3 is 0 Å². The monoisotopic (exact) mass is 499 g/mol. The second kappa shape index (κ2) is 13.4. The zero-order valence-electron chi connectivity index (χ0n) is 17.5. The van der Waals surface area contributed by atoms with Gasteiger partial charge in [-0.2, -0.15) is 5.10 Å². The molecule has 0 amide bonds. The Balaban J connectivity index is 0.00000392. The fourth-order valence-corrected chi connectivity index (χ4v) is 2.89. The average Bonchev–Trinajstić information content (AvgIpc) is 2.99. The predicted molar refractivity (Wildman–Crippen MR) is 127 cm³/mol. The molecule has 0 saturated heterocycles. The maximum Gasteiger partial charge on any atom is 0.190 e. The van der Waals surface area contributed by atoms with Crippen molar-refractivity contribution >= 4 is 29.9 Å². The van der Waals surface area contributed by atoms with Crippen LogP contribution in [0.25, 0.3) is 0 Å². The number of guanidine groups is 1. The van der Waals surface area contributed by atoms with Crippen LogP contribution < -0.4 is 15.4 Å². The lowest BCUT2D eigenvalue weighted by atomic mass is 10.1. The van der Waals surface area contributed by atoms with E-state index in [2.05, 4.69) is 57.5 Å². The van der Waals surface area contributed by atoms with Gasteiger partial charge in [0.1, 0.15) is 5.75 Å². The summed E-state index contributed by atoms with van der Waals surface area (Å²) in [6.07, 6.45) is 2.95. The first-order valence-corrected chi connectivity index (χ1v) is 9.79. The highest BCUT2D eigenvalue weighted by Gasteiger charge is 2.02. The Bertz CT molecular complexity index is 729. The number of benzene rings is 1. The summed E-state index contributed by atoms with van der Waals surface area (Å²) in [6.45, 7) is 9.59. The van der Waals surface area contributed by atoms with Crippen molar-refractivity contribution < 1.29 is 4.74 Å². The number of rotatable bonds is 10. The summed E-state index contributed by atoms with van der Waals surface area (Å²) in [5.41, 5.74) is 3.54. The third-order valence-electron chi connectivity index (χ3n) is 4.24. The van der Waals surface area contributed by atoms with E-state index in [0.717, 1.165) is 62.9 Å². The molecule has 0 aliphatic heterocycles. The van der Waals surface area contributed by atoms with Gasteiger partial charge in [0, 0.05) is 32.4 Å². The molecule has 0 bridgehead atoms. The Labute approximate surface area is 186 Å². The highest BCUT2D eigenvalue weighted by Crippen LogP contribution is 2.13. The van der Waals surface area contributed by atoms with Crippen LogP contribution >= 0.6 is 24.0 Å². The second-order valence-corrected chi connectivity index (χ2v) is 6.68. The van der Waals surface area contributed by atoms with Gasteiger partial charge < -0.3 is 15.4 Å². The van der Waals surface area contributed by atoms with Gasteiger partial charge in [0.15, 0.2) is 5.96 Å². The molecule has 2 N–H and O–H groups in total. The molecule has 2 aromatic rings. The van der Waals surface area contributed by atoms with E-state index < -0.39 is 0 Å². The molecule has 7 heteroatoms. The minimum Gasteiger partial charge on any atom is -0.494 e. The van der Waals surface area contributed by atoms with Gasteiger partial charge in [0.05, 0.1) is 12.3 Å². The number of nitrogens with one attached hydrogen (secondary N) is 2. The smallest absolute Gasteiger partial charge is 0.190 e. The summed E-state index contributed by atoms with van der Waals surface area (Å²) in [5, 5.41) is 11.2. The van der Waals surface area contributed by atoms with Gasteiger partial charge in [-0.05, 0) is 56.9 Å². The lowest BCUT2D eigenvalue weighted by Crippen LogP contribution is -2.39. The molecule has 28 heavy (non-hydrogen) atoms. The van der Waals surface area contributed by atoms with Gasteiger partial charge in [-0.1, -0.05) is 19.1 Å². The lowest BCUT2D eigenvalue weighted by molar-refractivity contribution is 0.317. The molecule has 0 aliphatic rings. The van der Waals surface area contributed by atoms with E-state index in [9.17, 15) is 0 Å². The summed E-state index contributed by atoms with van der Waals surface area (Å²) in [4.78, 5) is 4.29. The van der Waals surface area contributed by atoms with Crippen molar-refractivity contribution in [1.29, 1.82) is 0 Å². The van der Waals surface area contributed by atoms with Crippen molar-refractivity contribution in [2.75, 3.05) is 26.7 Å². The number of aliphatic imine (C=N–C) groups is 1. The van der Waals surface area contributed by atoms with Crippen LogP contribution in [0.1, 0.15) is 36.7 Å². The highest BCUT2D eigenvalue weighted by atomic mass is 127. The first kappa shape index (κ1) is 24.3. The highest BCUT2D eigenvalue weighted by molar-refractivity contribution is 14.0. The predicted octanol–water partition coefficient (Wildman–Crippen LogP) is 3.70. The SMILES string of the molecule is CCCOc1cccc(CCNC(=NC)NCCCn2nc(C)cc2C)c1.I. The number of hydrogen-bond acceptors (Lipinski definition) is 3. The number of ether oxygens (including phenoxy) is 1. The molecule has 1 heterocycles. The fourth-order valence-electron chi connectivity index (χ4n) is 2.89. The summed E-state index contributed by atoms with van der Waals surface area (Å²) < 4.78 is 7.75. The van der Waals surface area contributed by atoms with Crippen LogP contribution in [0.5, 0.6) is 5.75 Å². The normalized spacial score (nSPS) is 11.1. The summed E-state index contributed by atoms with van der Waals surface area (Å²) in [6, 6.07) is 10.4. The maximum absolute atomic E-state index is 5.69. The topological polar surface area (TPSA) is 63.5 Å². The molecule has 1 aromatic carbocycles. The van der Waals surface area contributed by atoms with Crippen LogP contribution in [-0.4, -0.2) is 42.5 Å². The molecule has 0 radical (unpaired) electrons. The third-order valence-corrected chi connectivity index (χ3v) is 4.24. The molecule has 2 rings (SSSR count). The minimum atomic E-state index is 0. The van der Waals surface area contributed by atoms with Gasteiger partial charge in [0.25, 0.3) is 0 Å². The Kier molecular flexibility index (Phi) is 11.6.